The Bertz CT molecular complexity index is 631. The molecule has 0 bridgehead atoms. The van der Waals surface area contributed by atoms with Crippen LogP contribution in [0.15, 0.2) is 36.9 Å². The van der Waals surface area contributed by atoms with Gasteiger partial charge in [0, 0.05) is 24.8 Å². The van der Waals surface area contributed by atoms with Crippen molar-refractivity contribution in [2.45, 2.75) is 12.8 Å². The molecule has 108 valence electrons. The number of aryl methyl sites for hydroxylation is 1. The zero-order chi connectivity index (χ0) is 15.1. The van der Waals surface area contributed by atoms with Gasteiger partial charge in [-0.05, 0) is 30.5 Å². The lowest BCUT2D eigenvalue weighted by Gasteiger charge is -2.08. The Labute approximate surface area is 120 Å². The van der Waals surface area contributed by atoms with Crippen LogP contribution in [-0.2, 0) is 11.2 Å². The predicted octanol–water partition coefficient (Wildman–Crippen LogP) is 0.0247. The zero-order valence-corrected chi connectivity index (χ0v) is 11.1. The van der Waals surface area contributed by atoms with Crippen LogP contribution in [0.2, 0.25) is 0 Å². The van der Waals surface area contributed by atoms with Crippen LogP contribution in [-0.4, -0.2) is 33.5 Å². The van der Waals surface area contributed by atoms with Crippen molar-refractivity contribution in [1.29, 1.82) is 0 Å². The summed E-state index contributed by atoms with van der Waals surface area (Å²) < 4.78 is 4.99. The van der Waals surface area contributed by atoms with Crippen LogP contribution in [0.5, 0.6) is 0 Å². The normalized spacial score (nSPS) is 10.1. The van der Waals surface area contributed by atoms with Crippen LogP contribution in [0.4, 0.5) is 0 Å². The van der Waals surface area contributed by atoms with Crippen molar-refractivity contribution in [2.24, 2.45) is 0 Å². The Balaban J connectivity index is 1.86. The quantitative estimate of drug-likeness (QED) is 0.544. The van der Waals surface area contributed by atoms with E-state index >= 15 is 0 Å². The molecule has 2 heterocycles. The first-order chi connectivity index (χ1) is 10.2. The number of esters is 1. The molecular formula is C14H12N3O4-. The lowest BCUT2D eigenvalue weighted by Crippen LogP contribution is -2.27. The molecule has 0 saturated carbocycles. The maximum atomic E-state index is 11.8. The third kappa shape index (κ3) is 4.07. The monoisotopic (exact) mass is 286 g/mol. The third-order valence-corrected chi connectivity index (χ3v) is 2.68. The molecule has 2 aromatic rings. The SMILES string of the molecule is O=C([O-])c1nccnc1C(=O)OCCCc1ccncc1. The highest BCUT2D eigenvalue weighted by Crippen LogP contribution is 2.05. The molecule has 0 fully saturated rings. The number of ether oxygens (including phenoxy) is 1. The van der Waals surface area contributed by atoms with Gasteiger partial charge >= 0.3 is 5.97 Å². The molecule has 0 aromatic carbocycles. The van der Waals surface area contributed by atoms with Crippen molar-refractivity contribution in [1.82, 2.24) is 15.0 Å². The molecule has 0 aliphatic carbocycles. The molecule has 21 heavy (non-hydrogen) atoms. The van der Waals surface area contributed by atoms with Crippen LogP contribution in [0, 0.1) is 0 Å². The molecule has 0 N–H and O–H groups in total. The summed E-state index contributed by atoms with van der Waals surface area (Å²) in [6.07, 6.45) is 7.10. The van der Waals surface area contributed by atoms with Crippen molar-refractivity contribution in [2.75, 3.05) is 6.61 Å². The minimum absolute atomic E-state index is 0.157. The number of aromatic nitrogens is 3. The number of nitrogens with zero attached hydrogens (tertiary/aromatic N) is 3. The average molecular weight is 286 g/mol. The fourth-order valence-corrected chi connectivity index (χ4v) is 1.70. The van der Waals surface area contributed by atoms with Crippen molar-refractivity contribution >= 4 is 11.9 Å². The van der Waals surface area contributed by atoms with Gasteiger partial charge < -0.3 is 14.6 Å². The molecule has 0 saturated heterocycles. The molecule has 2 rings (SSSR count). The Morgan fingerprint density at radius 1 is 1.05 bits per heavy atom. The van der Waals surface area contributed by atoms with E-state index in [2.05, 4.69) is 15.0 Å². The number of carbonyl (C=O) groups is 2. The summed E-state index contributed by atoms with van der Waals surface area (Å²) in [5.74, 6) is -2.39. The first-order valence-corrected chi connectivity index (χ1v) is 6.27. The topological polar surface area (TPSA) is 105 Å². The fraction of sp³-hybridized carbons (Fsp3) is 0.214. The second kappa shape index (κ2) is 7.09. The van der Waals surface area contributed by atoms with Gasteiger partial charge in [0.1, 0.15) is 5.69 Å². The van der Waals surface area contributed by atoms with Gasteiger partial charge in [-0.2, -0.15) is 0 Å². The zero-order valence-electron chi connectivity index (χ0n) is 11.1. The summed E-state index contributed by atoms with van der Waals surface area (Å²) in [7, 11) is 0. The third-order valence-electron chi connectivity index (χ3n) is 2.68. The highest BCUT2D eigenvalue weighted by molar-refractivity contribution is 5.98. The van der Waals surface area contributed by atoms with Gasteiger partial charge in [-0.15, -0.1) is 0 Å². The number of rotatable bonds is 6. The van der Waals surface area contributed by atoms with Crippen LogP contribution in [0.3, 0.4) is 0 Å². The van der Waals surface area contributed by atoms with E-state index in [9.17, 15) is 14.7 Å². The molecule has 0 spiro atoms. The van der Waals surface area contributed by atoms with Crippen LogP contribution in [0.25, 0.3) is 0 Å². The maximum Gasteiger partial charge on any atom is 0.359 e. The van der Waals surface area contributed by atoms with Crippen molar-refractivity contribution < 1.29 is 19.4 Å². The van der Waals surface area contributed by atoms with Crippen molar-refractivity contribution in [3.63, 3.8) is 0 Å². The van der Waals surface area contributed by atoms with Gasteiger partial charge in [-0.25, -0.2) is 9.78 Å². The van der Waals surface area contributed by atoms with Crippen molar-refractivity contribution in [3.05, 3.63) is 53.9 Å². The summed E-state index contributed by atoms with van der Waals surface area (Å²) in [6.45, 7) is 0.157. The first-order valence-electron chi connectivity index (χ1n) is 6.27. The molecule has 0 unspecified atom stereocenters. The minimum atomic E-state index is -1.56. The lowest BCUT2D eigenvalue weighted by molar-refractivity contribution is -0.255. The highest BCUT2D eigenvalue weighted by atomic mass is 16.5. The summed E-state index contributed by atoms with van der Waals surface area (Å²) in [4.78, 5) is 33.7. The number of hydrogen-bond donors (Lipinski definition) is 0. The average Bonchev–Trinajstić information content (AvgIpc) is 2.52. The Hall–Kier alpha value is -2.83. The lowest BCUT2D eigenvalue weighted by atomic mass is 10.1. The van der Waals surface area contributed by atoms with Gasteiger partial charge in [0.05, 0.1) is 12.6 Å². The Kier molecular flexibility index (Phi) is 4.92. The minimum Gasteiger partial charge on any atom is -0.543 e. The Morgan fingerprint density at radius 2 is 1.71 bits per heavy atom. The van der Waals surface area contributed by atoms with E-state index in [1.807, 2.05) is 12.1 Å². The molecule has 0 radical (unpaired) electrons. The smallest absolute Gasteiger partial charge is 0.359 e. The fourth-order valence-electron chi connectivity index (χ4n) is 1.70. The second-order valence-corrected chi connectivity index (χ2v) is 4.14. The number of carboxylic acids is 1. The van der Waals surface area contributed by atoms with E-state index in [0.717, 1.165) is 12.0 Å². The summed E-state index contributed by atoms with van der Waals surface area (Å²) >= 11 is 0. The van der Waals surface area contributed by atoms with E-state index in [-0.39, 0.29) is 12.3 Å². The summed E-state index contributed by atoms with van der Waals surface area (Å²) in [5, 5.41) is 10.8. The van der Waals surface area contributed by atoms with E-state index in [0.29, 0.717) is 6.42 Å². The second-order valence-electron chi connectivity index (χ2n) is 4.14. The summed E-state index contributed by atoms with van der Waals surface area (Å²) in [5.41, 5.74) is 0.217. The molecule has 7 heteroatoms. The van der Waals surface area contributed by atoms with Gasteiger partial charge in [-0.3, -0.25) is 9.97 Å². The predicted molar refractivity (Wildman–Crippen MR) is 69.2 cm³/mol. The molecule has 0 aliphatic heterocycles. The number of aromatic carboxylic acids is 1. The van der Waals surface area contributed by atoms with E-state index in [4.69, 9.17) is 4.74 Å². The van der Waals surface area contributed by atoms with Crippen molar-refractivity contribution in [3.8, 4) is 0 Å². The van der Waals surface area contributed by atoms with Gasteiger partial charge in [0.25, 0.3) is 0 Å². The van der Waals surface area contributed by atoms with Crippen LogP contribution in [0.1, 0.15) is 33.0 Å². The first kappa shape index (κ1) is 14.6. The van der Waals surface area contributed by atoms with E-state index < -0.39 is 17.6 Å². The number of carbonyl (C=O) groups excluding carboxylic acids is 2. The molecule has 2 aromatic heterocycles. The van der Waals surface area contributed by atoms with Crippen LogP contribution >= 0.6 is 0 Å². The molecule has 0 amide bonds. The molecule has 7 nitrogen and oxygen atoms in total. The van der Waals surface area contributed by atoms with E-state index in [1.165, 1.54) is 12.4 Å². The van der Waals surface area contributed by atoms with Gasteiger partial charge in [0.15, 0.2) is 5.69 Å². The molecule has 0 aliphatic rings. The molecular weight excluding hydrogens is 274 g/mol. The molecule has 0 atom stereocenters. The van der Waals surface area contributed by atoms with E-state index in [1.54, 1.807) is 12.4 Å². The van der Waals surface area contributed by atoms with Gasteiger partial charge in [-0.1, -0.05) is 0 Å². The number of pyridine rings is 1. The summed E-state index contributed by atoms with van der Waals surface area (Å²) in [6, 6.07) is 3.75. The van der Waals surface area contributed by atoms with Gasteiger partial charge in [0.2, 0.25) is 0 Å². The maximum absolute atomic E-state index is 11.8. The highest BCUT2D eigenvalue weighted by Gasteiger charge is 2.16. The van der Waals surface area contributed by atoms with Crippen LogP contribution < -0.4 is 5.11 Å². The standard InChI is InChI=1S/C14H13N3O4/c18-13(19)11-12(17-8-7-16-11)14(20)21-9-1-2-10-3-5-15-6-4-10/h3-8H,1-2,9H2,(H,18,19)/p-1. The largest absolute Gasteiger partial charge is 0.543 e. The number of hydrogen-bond acceptors (Lipinski definition) is 7. The number of carboxylic acid groups (broad SMARTS) is 1. The Morgan fingerprint density at radius 3 is 2.38 bits per heavy atom.